The van der Waals surface area contributed by atoms with Gasteiger partial charge in [0.05, 0.1) is 24.2 Å². The number of amides is 1. The maximum absolute atomic E-state index is 13.0. The van der Waals surface area contributed by atoms with E-state index in [0.717, 1.165) is 0 Å². The molecule has 1 aromatic carbocycles. The van der Waals surface area contributed by atoms with Gasteiger partial charge in [-0.25, -0.2) is 15.0 Å². The van der Waals surface area contributed by atoms with Gasteiger partial charge in [0.25, 0.3) is 5.91 Å². The van der Waals surface area contributed by atoms with E-state index in [1.165, 1.54) is 6.33 Å². The molecular weight excluding hydrogens is 374 g/mol. The number of carbonyl (C=O) groups is 1. The molecule has 0 saturated carbocycles. The van der Waals surface area contributed by atoms with Crippen molar-refractivity contribution < 1.29 is 19.0 Å². The first-order chi connectivity index (χ1) is 14.2. The normalized spacial score (nSPS) is 18.6. The van der Waals surface area contributed by atoms with Crippen molar-refractivity contribution >= 4 is 22.8 Å². The number of aromatic nitrogens is 3. The van der Waals surface area contributed by atoms with Gasteiger partial charge in [-0.15, -0.1) is 0 Å². The fourth-order valence-electron chi connectivity index (χ4n) is 3.53. The van der Waals surface area contributed by atoms with Gasteiger partial charge in [0.15, 0.2) is 17.1 Å². The van der Waals surface area contributed by atoms with Gasteiger partial charge in [-0.1, -0.05) is 0 Å². The summed E-state index contributed by atoms with van der Waals surface area (Å²) in [4.78, 5) is 27.5. The average molecular weight is 393 g/mol. The zero-order valence-electron chi connectivity index (χ0n) is 15.6. The summed E-state index contributed by atoms with van der Waals surface area (Å²) in [6.07, 6.45) is 1.04. The molecule has 0 radical (unpaired) electrons. The van der Waals surface area contributed by atoms with Gasteiger partial charge in [0.1, 0.15) is 31.5 Å². The number of carbonyl (C=O) groups excluding carboxylic acids is 1. The van der Waals surface area contributed by atoms with Crippen LogP contribution in [-0.4, -0.2) is 58.7 Å². The monoisotopic (exact) mass is 393 g/mol. The molecule has 5 rings (SSSR count). The smallest absolute Gasteiger partial charge is 0.254 e. The van der Waals surface area contributed by atoms with Crippen LogP contribution in [-0.2, 0) is 4.74 Å². The summed E-state index contributed by atoms with van der Waals surface area (Å²) in [5, 5.41) is 0.691. The van der Waals surface area contributed by atoms with Crippen LogP contribution in [0.25, 0.3) is 11.0 Å². The Labute approximate surface area is 166 Å². The number of nitrogens with two attached hydrogens (primary N) is 1. The zero-order valence-corrected chi connectivity index (χ0v) is 15.6. The van der Waals surface area contributed by atoms with Crippen LogP contribution >= 0.6 is 0 Å². The number of ether oxygens (including phenoxy) is 3. The van der Waals surface area contributed by atoms with E-state index in [0.29, 0.717) is 72.5 Å². The Morgan fingerprint density at radius 1 is 1.07 bits per heavy atom. The lowest BCUT2D eigenvalue weighted by Crippen LogP contribution is -2.42. The van der Waals surface area contributed by atoms with Crippen molar-refractivity contribution in [1.82, 2.24) is 19.9 Å². The molecule has 2 aromatic heterocycles. The summed E-state index contributed by atoms with van der Waals surface area (Å²) >= 11 is 0. The number of morpholine rings is 1. The SMILES string of the molecule is Nc1ncnc2nc([C@H]3CN(C(=O)c4ccc5c(c4)OCCO5)CCO3)ccc12. The van der Waals surface area contributed by atoms with Crippen molar-refractivity contribution in [3.63, 3.8) is 0 Å². The highest BCUT2D eigenvalue weighted by Crippen LogP contribution is 2.32. The number of hydrogen-bond donors (Lipinski definition) is 1. The molecule has 1 amide bonds. The number of fused-ring (bicyclic) bond motifs is 2. The largest absolute Gasteiger partial charge is 0.486 e. The molecule has 4 heterocycles. The third-order valence-electron chi connectivity index (χ3n) is 5.02. The third kappa shape index (κ3) is 3.29. The molecule has 9 nitrogen and oxygen atoms in total. The van der Waals surface area contributed by atoms with Gasteiger partial charge < -0.3 is 24.8 Å². The summed E-state index contributed by atoms with van der Waals surface area (Å²) in [6.45, 7) is 2.32. The quantitative estimate of drug-likeness (QED) is 0.698. The lowest BCUT2D eigenvalue weighted by molar-refractivity contribution is -0.0246. The highest BCUT2D eigenvalue weighted by molar-refractivity contribution is 5.95. The molecule has 1 saturated heterocycles. The summed E-state index contributed by atoms with van der Waals surface area (Å²) in [5.74, 6) is 1.56. The van der Waals surface area contributed by atoms with Crippen LogP contribution < -0.4 is 15.2 Å². The Morgan fingerprint density at radius 3 is 2.83 bits per heavy atom. The minimum absolute atomic E-state index is 0.0809. The maximum atomic E-state index is 13.0. The molecule has 9 heteroatoms. The van der Waals surface area contributed by atoms with Crippen LogP contribution in [0.5, 0.6) is 11.5 Å². The maximum Gasteiger partial charge on any atom is 0.254 e. The standard InChI is InChI=1S/C20H19N5O4/c21-18-13-2-3-14(24-19(13)23-11-22-18)17-10-25(5-6-27-17)20(26)12-1-4-15-16(9-12)29-8-7-28-15/h1-4,9,11,17H,5-8,10H2,(H2,21,22,23,24)/t17-/m1/s1. The van der Waals surface area contributed by atoms with Gasteiger partial charge in [-0.05, 0) is 30.3 Å². The first-order valence-electron chi connectivity index (χ1n) is 9.37. The Kier molecular flexibility index (Phi) is 4.36. The van der Waals surface area contributed by atoms with E-state index >= 15 is 0 Å². The fourth-order valence-corrected chi connectivity index (χ4v) is 3.53. The number of nitrogens with zero attached hydrogens (tertiary/aromatic N) is 4. The highest BCUT2D eigenvalue weighted by Gasteiger charge is 2.28. The van der Waals surface area contributed by atoms with Gasteiger partial charge in [0.2, 0.25) is 0 Å². The minimum atomic E-state index is -0.342. The second kappa shape index (κ2) is 7.17. The van der Waals surface area contributed by atoms with Gasteiger partial charge in [-0.2, -0.15) is 0 Å². The van der Waals surface area contributed by atoms with Gasteiger partial charge >= 0.3 is 0 Å². The Morgan fingerprint density at radius 2 is 1.93 bits per heavy atom. The van der Waals surface area contributed by atoms with E-state index < -0.39 is 0 Å². The molecule has 148 valence electrons. The number of nitrogen functional groups attached to an aromatic ring is 1. The van der Waals surface area contributed by atoms with Crippen LogP contribution in [0.4, 0.5) is 5.82 Å². The third-order valence-corrected chi connectivity index (χ3v) is 5.02. The van der Waals surface area contributed by atoms with Crippen LogP contribution in [0.15, 0.2) is 36.7 Å². The van der Waals surface area contributed by atoms with Crippen molar-refractivity contribution in [2.75, 3.05) is 38.6 Å². The number of benzene rings is 1. The Hall–Kier alpha value is -3.46. The van der Waals surface area contributed by atoms with E-state index in [4.69, 9.17) is 19.9 Å². The Bertz CT molecular complexity index is 1090. The van der Waals surface area contributed by atoms with Crippen molar-refractivity contribution in [3.8, 4) is 11.5 Å². The Balaban J connectivity index is 1.37. The van der Waals surface area contributed by atoms with Crippen LogP contribution in [0.2, 0.25) is 0 Å². The summed E-state index contributed by atoms with van der Waals surface area (Å²) in [7, 11) is 0. The molecule has 3 aromatic rings. The average Bonchev–Trinajstić information content (AvgIpc) is 2.78. The molecule has 1 fully saturated rings. The van der Waals surface area contributed by atoms with Gasteiger partial charge in [0, 0.05) is 12.1 Å². The predicted molar refractivity (Wildman–Crippen MR) is 104 cm³/mol. The van der Waals surface area contributed by atoms with Gasteiger partial charge in [-0.3, -0.25) is 4.79 Å². The van der Waals surface area contributed by atoms with E-state index in [1.54, 1.807) is 23.1 Å². The summed E-state index contributed by atoms with van der Waals surface area (Å²) in [6, 6.07) is 8.93. The predicted octanol–water partition coefficient (Wildman–Crippen LogP) is 1.59. The zero-order chi connectivity index (χ0) is 19.8. The second-order valence-electron chi connectivity index (χ2n) is 6.84. The number of pyridine rings is 1. The van der Waals surface area contributed by atoms with Crippen LogP contribution in [0.3, 0.4) is 0 Å². The van der Waals surface area contributed by atoms with Crippen molar-refractivity contribution in [2.24, 2.45) is 0 Å². The van der Waals surface area contributed by atoms with E-state index in [1.807, 2.05) is 12.1 Å². The lowest BCUT2D eigenvalue weighted by atomic mass is 10.1. The molecule has 0 unspecified atom stereocenters. The molecule has 29 heavy (non-hydrogen) atoms. The molecule has 0 aliphatic carbocycles. The van der Waals surface area contributed by atoms with Crippen molar-refractivity contribution in [3.05, 3.63) is 47.9 Å². The summed E-state index contributed by atoms with van der Waals surface area (Å²) < 4.78 is 17.0. The first-order valence-corrected chi connectivity index (χ1v) is 9.37. The van der Waals surface area contributed by atoms with E-state index in [9.17, 15) is 4.79 Å². The molecule has 2 N–H and O–H groups in total. The molecule has 0 spiro atoms. The fraction of sp³-hybridized carbons (Fsp3) is 0.300. The van der Waals surface area contributed by atoms with Crippen molar-refractivity contribution in [1.29, 1.82) is 0 Å². The van der Waals surface area contributed by atoms with Crippen LogP contribution in [0, 0.1) is 0 Å². The van der Waals surface area contributed by atoms with Crippen LogP contribution in [0.1, 0.15) is 22.2 Å². The van der Waals surface area contributed by atoms with E-state index in [2.05, 4.69) is 15.0 Å². The highest BCUT2D eigenvalue weighted by atomic mass is 16.6. The second-order valence-corrected chi connectivity index (χ2v) is 6.84. The lowest BCUT2D eigenvalue weighted by Gasteiger charge is -2.33. The molecule has 2 aliphatic heterocycles. The minimum Gasteiger partial charge on any atom is -0.486 e. The number of anilines is 1. The molecule has 1 atom stereocenters. The summed E-state index contributed by atoms with van der Waals surface area (Å²) in [5.41, 5.74) is 7.63. The topological polar surface area (TPSA) is 113 Å². The van der Waals surface area contributed by atoms with E-state index in [-0.39, 0.29) is 12.0 Å². The first kappa shape index (κ1) is 17.6. The molecule has 2 aliphatic rings. The molecular formula is C20H19N5O4. The number of rotatable bonds is 2. The van der Waals surface area contributed by atoms with Crippen molar-refractivity contribution in [2.45, 2.75) is 6.10 Å². The molecule has 0 bridgehead atoms. The number of hydrogen-bond acceptors (Lipinski definition) is 8.